The molecule has 1 fully saturated rings. The summed E-state index contributed by atoms with van der Waals surface area (Å²) in [4.78, 5) is 42.0. The van der Waals surface area contributed by atoms with Crippen LogP contribution in [0, 0.1) is 12.8 Å². The van der Waals surface area contributed by atoms with Crippen LogP contribution in [0.1, 0.15) is 64.3 Å². The van der Waals surface area contributed by atoms with Crippen molar-refractivity contribution in [1.29, 1.82) is 0 Å². The molecule has 0 bridgehead atoms. The molecular weight excluding hydrogens is 456 g/mol. The van der Waals surface area contributed by atoms with Crippen LogP contribution in [0.15, 0.2) is 59.1 Å². The number of aryl methyl sites for hydroxylation is 1. The van der Waals surface area contributed by atoms with Crippen molar-refractivity contribution in [2.24, 2.45) is 5.92 Å². The van der Waals surface area contributed by atoms with Gasteiger partial charge in [0.25, 0.3) is 11.8 Å². The summed E-state index contributed by atoms with van der Waals surface area (Å²) in [5.74, 6) is -0.0210. The number of nitrogens with zero attached hydrogens (tertiary/aromatic N) is 1. The second-order valence-corrected chi connectivity index (χ2v) is 9.18. The van der Waals surface area contributed by atoms with Crippen LogP contribution in [0.2, 0.25) is 0 Å². The van der Waals surface area contributed by atoms with Gasteiger partial charge >= 0.3 is 0 Å². The number of hydrogen-bond donors (Lipinski definition) is 3. The minimum atomic E-state index is -0.578. The Morgan fingerprint density at radius 1 is 1.03 bits per heavy atom. The van der Waals surface area contributed by atoms with Gasteiger partial charge in [0.2, 0.25) is 5.91 Å². The summed E-state index contributed by atoms with van der Waals surface area (Å²) in [6.45, 7) is 2.17. The number of benzene rings is 1. The van der Waals surface area contributed by atoms with Gasteiger partial charge in [-0.2, -0.15) is 0 Å². The van der Waals surface area contributed by atoms with E-state index >= 15 is 0 Å². The molecular formula is C28H32N4O4. The van der Waals surface area contributed by atoms with Crippen LogP contribution < -0.4 is 16.0 Å². The number of rotatable bonds is 8. The first-order valence-corrected chi connectivity index (χ1v) is 12.4. The van der Waals surface area contributed by atoms with Gasteiger partial charge in [0.05, 0.1) is 0 Å². The molecule has 0 aliphatic heterocycles. The monoisotopic (exact) mass is 488 g/mol. The Balaban J connectivity index is 1.42. The van der Waals surface area contributed by atoms with Crippen LogP contribution in [0.5, 0.6) is 0 Å². The summed E-state index contributed by atoms with van der Waals surface area (Å²) in [7, 11) is 1.59. The lowest BCUT2D eigenvalue weighted by atomic mass is 9.83. The number of furan rings is 1. The molecule has 8 heteroatoms. The third-order valence-corrected chi connectivity index (χ3v) is 6.66. The molecule has 36 heavy (non-hydrogen) atoms. The minimum Gasteiger partial charge on any atom is -0.451 e. The zero-order chi connectivity index (χ0) is 25.5. The summed E-state index contributed by atoms with van der Waals surface area (Å²) in [6.07, 6.45) is 6.74. The zero-order valence-electron chi connectivity index (χ0n) is 20.7. The highest BCUT2D eigenvalue weighted by Gasteiger charge is 2.31. The van der Waals surface area contributed by atoms with Crippen LogP contribution in [0.3, 0.4) is 0 Å². The van der Waals surface area contributed by atoms with E-state index in [2.05, 4.69) is 20.9 Å². The Labute approximate surface area is 210 Å². The third kappa shape index (κ3) is 6.00. The van der Waals surface area contributed by atoms with Gasteiger partial charge < -0.3 is 20.4 Å². The van der Waals surface area contributed by atoms with Gasteiger partial charge in [-0.05, 0) is 61.1 Å². The Bertz CT molecular complexity index is 1230. The van der Waals surface area contributed by atoms with E-state index in [0.717, 1.165) is 48.8 Å². The SMILES string of the molecule is CNC(=O)C(NC(=O)c1ccc(-c2cccc(CNC(=O)c3ncccc3C)c2)o1)C1CCCCC1. The van der Waals surface area contributed by atoms with Crippen molar-refractivity contribution in [2.45, 2.75) is 51.6 Å². The predicted molar refractivity (Wildman–Crippen MR) is 136 cm³/mol. The molecule has 8 nitrogen and oxygen atoms in total. The highest BCUT2D eigenvalue weighted by Crippen LogP contribution is 2.28. The molecule has 2 heterocycles. The summed E-state index contributed by atoms with van der Waals surface area (Å²) in [5.41, 5.74) is 2.88. The van der Waals surface area contributed by atoms with E-state index in [4.69, 9.17) is 4.42 Å². The highest BCUT2D eigenvalue weighted by molar-refractivity contribution is 5.96. The lowest BCUT2D eigenvalue weighted by Gasteiger charge is -2.29. The molecule has 4 rings (SSSR count). The Hall–Kier alpha value is -3.94. The second kappa shape index (κ2) is 11.7. The van der Waals surface area contributed by atoms with Gasteiger partial charge in [-0.3, -0.25) is 19.4 Å². The molecule has 3 N–H and O–H groups in total. The fourth-order valence-corrected chi connectivity index (χ4v) is 4.67. The van der Waals surface area contributed by atoms with E-state index in [1.165, 1.54) is 0 Å². The Kier molecular flexibility index (Phi) is 8.15. The van der Waals surface area contributed by atoms with E-state index in [1.54, 1.807) is 31.4 Å². The third-order valence-electron chi connectivity index (χ3n) is 6.66. The molecule has 0 saturated heterocycles. The fourth-order valence-electron chi connectivity index (χ4n) is 4.67. The molecule has 1 saturated carbocycles. The first-order valence-electron chi connectivity index (χ1n) is 12.4. The van der Waals surface area contributed by atoms with Crippen molar-refractivity contribution in [1.82, 2.24) is 20.9 Å². The number of hydrogen-bond acceptors (Lipinski definition) is 5. The Morgan fingerprint density at radius 2 is 1.83 bits per heavy atom. The summed E-state index contributed by atoms with van der Waals surface area (Å²) < 4.78 is 5.86. The molecule has 0 radical (unpaired) electrons. The minimum absolute atomic E-state index is 0.124. The summed E-state index contributed by atoms with van der Waals surface area (Å²) in [5, 5.41) is 8.45. The van der Waals surface area contributed by atoms with Crippen molar-refractivity contribution in [3.63, 3.8) is 0 Å². The Morgan fingerprint density at radius 3 is 2.58 bits per heavy atom. The van der Waals surface area contributed by atoms with Crippen molar-refractivity contribution >= 4 is 17.7 Å². The number of aromatic nitrogens is 1. The topological polar surface area (TPSA) is 113 Å². The number of nitrogens with one attached hydrogen (secondary N) is 3. The lowest BCUT2D eigenvalue weighted by molar-refractivity contribution is -0.124. The molecule has 188 valence electrons. The van der Waals surface area contributed by atoms with Crippen LogP contribution in [0.4, 0.5) is 0 Å². The zero-order valence-corrected chi connectivity index (χ0v) is 20.7. The number of carbonyl (C=O) groups is 3. The van der Waals surface area contributed by atoms with E-state index in [1.807, 2.05) is 37.3 Å². The van der Waals surface area contributed by atoms with Crippen molar-refractivity contribution < 1.29 is 18.8 Å². The molecule has 1 atom stereocenters. The quantitative estimate of drug-likeness (QED) is 0.444. The van der Waals surface area contributed by atoms with Crippen LogP contribution >= 0.6 is 0 Å². The average molecular weight is 489 g/mol. The van der Waals surface area contributed by atoms with Gasteiger partial charge in [-0.25, -0.2) is 0 Å². The number of amides is 3. The molecule has 3 amide bonds. The molecule has 3 aromatic rings. The first-order chi connectivity index (χ1) is 17.5. The number of pyridine rings is 1. The van der Waals surface area contributed by atoms with Crippen LogP contribution in [-0.4, -0.2) is 35.8 Å². The molecule has 1 aliphatic carbocycles. The smallest absolute Gasteiger partial charge is 0.287 e. The fraction of sp³-hybridized carbons (Fsp3) is 0.357. The van der Waals surface area contributed by atoms with Crippen molar-refractivity contribution in [2.75, 3.05) is 7.05 Å². The number of likely N-dealkylation sites (N-methyl/N-ethyl adjacent to an activating group) is 1. The normalized spacial score (nSPS) is 14.6. The van der Waals surface area contributed by atoms with Gasteiger partial charge in [0, 0.05) is 25.4 Å². The number of carbonyl (C=O) groups excluding carboxylic acids is 3. The van der Waals surface area contributed by atoms with Gasteiger partial charge in [-0.15, -0.1) is 0 Å². The van der Waals surface area contributed by atoms with Gasteiger partial charge in [0.15, 0.2) is 5.76 Å². The van der Waals surface area contributed by atoms with Crippen molar-refractivity contribution in [3.8, 4) is 11.3 Å². The highest BCUT2D eigenvalue weighted by atomic mass is 16.4. The van der Waals surface area contributed by atoms with E-state index < -0.39 is 11.9 Å². The van der Waals surface area contributed by atoms with Gasteiger partial charge in [0.1, 0.15) is 17.5 Å². The molecule has 0 spiro atoms. The van der Waals surface area contributed by atoms with Crippen LogP contribution in [-0.2, 0) is 11.3 Å². The standard InChI is InChI=1S/C28H32N4O4/c1-18-8-7-15-30-24(18)28(35)31-17-19-9-6-12-21(16-19)22-13-14-23(36-22)26(33)32-25(27(34)29-2)20-10-4-3-5-11-20/h6-9,12-16,20,25H,3-5,10-11,17H2,1-2H3,(H,29,34)(H,31,35)(H,32,33). The molecule has 1 unspecified atom stereocenters. The van der Waals surface area contributed by atoms with E-state index in [9.17, 15) is 14.4 Å². The maximum atomic E-state index is 12.9. The summed E-state index contributed by atoms with van der Waals surface area (Å²) in [6, 6.07) is 14.0. The van der Waals surface area contributed by atoms with Gasteiger partial charge in [-0.1, -0.05) is 43.5 Å². The lowest BCUT2D eigenvalue weighted by Crippen LogP contribution is -2.50. The first kappa shape index (κ1) is 25.2. The van der Waals surface area contributed by atoms with E-state index in [0.29, 0.717) is 18.0 Å². The maximum Gasteiger partial charge on any atom is 0.287 e. The molecule has 1 aliphatic rings. The average Bonchev–Trinajstić information content (AvgIpc) is 3.41. The second-order valence-electron chi connectivity index (χ2n) is 9.18. The predicted octanol–water partition coefficient (Wildman–Crippen LogP) is 4.00. The summed E-state index contributed by atoms with van der Waals surface area (Å²) >= 11 is 0. The van der Waals surface area contributed by atoms with Crippen molar-refractivity contribution in [3.05, 3.63) is 77.3 Å². The molecule has 2 aromatic heterocycles. The largest absolute Gasteiger partial charge is 0.451 e. The van der Waals surface area contributed by atoms with E-state index in [-0.39, 0.29) is 23.5 Å². The molecule has 1 aromatic carbocycles. The maximum absolute atomic E-state index is 12.9. The van der Waals surface area contributed by atoms with Crippen LogP contribution in [0.25, 0.3) is 11.3 Å².